The molecule has 0 atom stereocenters. The van der Waals surface area contributed by atoms with E-state index in [9.17, 15) is 8.78 Å². The molecule has 0 heterocycles. The van der Waals surface area contributed by atoms with E-state index in [1.807, 2.05) is 0 Å². The lowest BCUT2D eigenvalue weighted by molar-refractivity contribution is 0.611. The zero-order valence-electron chi connectivity index (χ0n) is 9.11. The molecule has 0 bridgehead atoms. The number of rotatable bonds is 3. The second-order valence-corrected chi connectivity index (χ2v) is 3.58. The molecule has 0 fully saturated rings. The number of hydrogen-bond acceptors (Lipinski definition) is 1. The minimum Gasteiger partial charge on any atom is -0.288 e. The Labute approximate surface area is 98.4 Å². The van der Waals surface area contributed by atoms with Crippen LogP contribution < -0.4 is 0 Å². The van der Waals surface area contributed by atoms with E-state index in [4.69, 9.17) is 0 Å². The van der Waals surface area contributed by atoms with Crippen LogP contribution >= 0.6 is 0 Å². The Balaban J connectivity index is 2.09. The maximum atomic E-state index is 13.2. The summed E-state index contributed by atoms with van der Waals surface area (Å²) in [7, 11) is 0. The molecule has 0 saturated carbocycles. The first-order chi connectivity index (χ1) is 8.27. The Morgan fingerprint density at radius 2 is 1.53 bits per heavy atom. The third-order valence-corrected chi connectivity index (χ3v) is 2.36. The van der Waals surface area contributed by atoms with E-state index < -0.39 is 0 Å². The first-order valence-electron chi connectivity index (χ1n) is 5.25. The zero-order chi connectivity index (χ0) is 12.1. The highest BCUT2D eigenvalue weighted by Gasteiger charge is 1.99. The first kappa shape index (κ1) is 11.5. The lowest BCUT2D eigenvalue weighted by atomic mass is 10.2. The summed E-state index contributed by atoms with van der Waals surface area (Å²) >= 11 is 0. The van der Waals surface area contributed by atoms with E-state index in [0.29, 0.717) is 11.1 Å². The molecule has 3 heteroatoms. The molecule has 1 nitrogen and oxygen atoms in total. The fourth-order valence-corrected chi connectivity index (χ4v) is 1.45. The van der Waals surface area contributed by atoms with Crippen molar-refractivity contribution in [2.45, 2.75) is 6.54 Å². The Morgan fingerprint density at radius 3 is 2.24 bits per heavy atom. The molecule has 0 amide bonds. The molecule has 0 aliphatic heterocycles. The maximum Gasteiger partial charge on any atom is 0.131 e. The van der Waals surface area contributed by atoms with Gasteiger partial charge in [0.2, 0.25) is 0 Å². The largest absolute Gasteiger partial charge is 0.288 e. The third kappa shape index (κ3) is 2.97. The van der Waals surface area contributed by atoms with Gasteiger partial charge in [0.05, 0.1) is 6.54 Å². The van der Waals surface area contributed by atoms with Crippen molar-refractivity contribution in [2.24, 2.45) is 4.99 Å². The lowest BCUT2D eigenvalue weighted by Gasteiger charge is -1.98. The van der Waals surface area contributed by atoms with E-state index in [1.54, 1.807) is 36.4 Å². The Bertz CT molecular complexity index is 535. The summed E-state index contributed by atoms with van der Waals surface area (Å²) in [6.07, 6.45) is 1.42. The van der Waals surface area contributed by atoms with Gasteiger partial charge >= 0.3 is 0 Å². The van der Waals surface area contributed by atoms with Crippen LogP contribution in [0.2, 0.25) is 0 Å². The van der Waals surface area contributed by atoms with Crippen LogP contribution in [0.5, 0.6) is 0 Å². The van der Waals surface area contributed by atoms with Gasteiger partial charge in [-0.15, -0.1) is 0 Å². The highest BCUT2D eigenvalue weighted by atomic mass is 19.1. The van der Waals surface area contributed by atoms with Crippen molar-refractivity contribution >= 4 is 6.21 Å². The predicted octanol–water partition coefficient (Wildman–Crippen LogP) is 3.58. The molecule has 0 aliphatic carbocycles. The highest BCUT2D eigenvalue weighted by molar-refractivity contribution is 5.79. The molecule has 86 valence electrons. The fourth-order valence-electron chi connectivity index (χ4n) is 1.45. The van der Waals surface area contributed by atoms with Crippen LogP contribution in [-0.4, -0.2) is 6.21 Å². The van der Waals surface area contributed by atoms with E-state index in [0.717, 1.165) is 0 Å². The minimum atomic E-state index is -0.329. The Morgan fingerprint density at radius 1 is 0.882 bits per heavy atom. The molecular formula is C14H11F2N. The van der Waals surface area contributed by atoms with Gasteiger partial charge < -0.3 is 0 Å². The Hall–Kier alpha value is -2.03. The normalized spacial score (nSPS) is 10.9. The Kier molecular flexibility index (Phi) is 3.60. The third-order valence-electron chi connectivity index (χ3n) is 2.36. The number of nitrogens with zero attached hydrogens (tertiary/aromatic N) is 1. The second kappa shape index (κ2) is 5.34. The van der Waals surface area contributed by atoms with Gasteiger partial charge in [-0.1, -0.05) is 36.4 Å². The predicted molar refractivity (Wildman–Crippen MR) is 64.1 cm³/mol. The molecule has 0 N–H and O–H groups in total. The average Bonchev–Trinajstić information content (AvgIpc) is 2.34. The number of benzene rings is 2. The summed E-state index contributed by atoms with van der Waals surface area (Å²) in [5.41, 5.74) is 0.906. The minimum absolute atomic E-state index is 0.209. The summed E-state index contributed by atoms with van der Waals surface area (Å²) in [6.45, 7) is 0.209. The summed E-state index contributed by atoms with van der Waals surface area (Å²) in [5.74, 6) is -0.622. The van der Waals surface area contributed by atoms with Crippen LogP contribution in [0.25, 0.3) is 0 Å². The van der Waals surface area contributed by atoms with Gasteiger partial charge in [0.25, 0.3) is 0 Å². The van der Waals surface area contributed by atoms with Crippen molar-refractivity contribution in [3.8, 4) is 0 Å². The maximum absolute atomic E-state index is 13.2. The fraction of sp³-hybridized carbons (Fsp3) is 0.0714. The van der Waals surface area contributed by atoms with Crippen molar-refractivity contribution in [2.75, 3.05) is 0 Å². The van der Waals surface area contributed by atoms with Gasteiger partial charge in [-0.05, 0) is 12.1 Å². The average molecular weight is 231 g/mol. The van der Waals surface area contributed by atoms with E-state index in [1.165, 1.54) is 18.3 Å². The van der Waals surface area contributed by atoms with Gasteiger partial charge in [0, 0.05) is 17.3 Å². The van der Waals surface area contributed by atoms with Gasteiger partial charge in [0.1, 0.15) is 11.6 Å². The smallest absolute Gasteiger partial charge is 0.131 e. The van der Waals surface area contributed by atoms with Crippen LogP contribution in [0.15, 0.2) is 53.5 Å². The molecule has 2 aromatic rings. The first-order valence-corrected chi connectivity index (χ1v) is 5.25. The molecule has 0 aliphatic rings. The van der Waals surface area contributed by atoms with E-state index in [-0.39, 0.29) is 18.2 Å². The molecule has 2 aromatic carbocycles. The molecule has 0 saturated heterocycles. The van der Waals surface area contributed by atoms with E-state index in [2.05, 4.69) is 4.99 Å². The summed E-state index contributed by atoms with van der Waals surface area (Å²) in [6, 6.07) is 12.8. The van der Waals surface area contributed by atoms with Crippen LogP contribution in [0.1, 0.15) is 11.1 Å². The summed E-state index contributed by atoms with van der Waals surface area (Å²) in [4.78, 5) is 4.03. The molecule has 2 rings (SSSR count). The number of aliphatic imine (C=N–C) groups is 1. The topological polar surface area (TPSA) is 12.4 Å². The molecule has 17 heavy (non-hydrogen) atoms. The van der Waals surface area contributed by atoms with E-state index >= 15 is 0 Å². The monoisotopic (exact) mass is 231 g/mol. The number of halogens is 2. The lowest BCUT2D eigenvalue weighted by Crippen LogP contribution is -1.90. The summed E-state index contributed by atoms with van der Waals surface area (Å²) < 4.78 is 26.5. The summed E-state index contributed by atoms with van der Waals surface area (Å²) in [5, 5.41) is 0. The van der Waals surface area contributed by atoms with Gasteiger partial charge in [0.15, 0.2) is 0 Å². The van der Waals surface area contributed by atoms with Crippen molar-refractivity contribution in [3.05, 3.63) is 71.3 Å². The molecule has 0 unspecified atom stereocenters. The van der Waals surface area contributed by atoms with Crippen LogP contribution in [0, 0.1) is 11.6 Å². The quantitative estimate of drug-likeness (QED) is 0.716. The van der Waals surface area contributed by atoms with Crippen LogP contribution in [0.4, 0.5) is 8.78 Å². The van der Waals surface area contributed by atoms with Gasteiger partial charge in [-0.25, -0.2) is 8.78 Å². The van der Waals surface area contributed by atoms with Gasteiger partial charge in [-0.3, -0.25) is 4.99 Å². The standard InChI is InChI=1S/C14H11F2N/c15-13-7-3-1-5-11(13)9-17-10-12-6-2-4-8-14(12)16/h1-9H,10H2/b17-9-. The number of hydrogen-bond donors (Lipinski definition) is 0. The van der Waals surface area contributed by atoms with Crippen molar-refractivity contribution in [3.63, 3.8) is 0 Å². The van der Waals surface area contributed by atoms with Crippen molar-refractivity contribution in [1.82, 2.24) is 0 Å². The van der Waals surface area contributed by atoms with Crippen LogP contribution in [-0.2, 0) is 6.54 Å². The van der Waals surface area contributed by atoms with Gasteiger partial charge in [-0.2, -0.15) is 0 Å². The molecule has 0 spiro atoms. The SMILES string of the molecule is Fc1ccccc1/C=N\Cc1ccccc1F. The van der Waals surface area contributed by atoms with Crippen molar-refractivity contribution in [1.29, 1.82) is 0 Å². The molecule has 0 aromatic heterocycles. The molecular weight excluding hydrogens is 220 g/mol. The molecule has 0 radical (unpaired) electrons. The second-order valence-electron chi connectivity index (χ2n) is 3.58. The zero-order valence-corrected chi connectivity index (χ0v) is 9.11. The van der Waals surface area contributed by atoms with Crippen molar-refractivity contribution < 1.29 is 8.78 Å². The van der Waals surface area contributed by atoms with Crippen LogP contribution in [0.3, 0.4) is 0 Å². The highest BCUT2D eigenvalue weighted by Crippen LogP contribution is 2.08.